The number of alkyl halides is 2. The topological polar surface area (TPSA) is 38.4 Å². The molecule has 1 aliphatic carbocycles. The second-order valence-corrected chi connectivity index (χ2v) is 13.9. The van der Waals surface area contributed by atoms with Crippen LogP contribution in [0.2, 0.25) is 19.6 Å². The Morgan fingerprint density at radius 3 is 2.64 bits per heavy atom. The van der Waals surface area contributed by atoms with Gasteiger partial charge in [0.25, 0.3) is 0 Å². The second kappa shape index (κ2) is 6.10. The summed E-state index contributed by atoms with van der Waals surface area (Å²) in [7, 11) is -1.60. The second-order valence-electron chi connectivity index (χ2n) is 7.76. The molecule has 2 N–H and O–H groups in total. The molecule has 0 radical (unpaired) electrons. The number of fused-ring (bicyclic) bond motifs is 1. The predicted octanol–water partition coefficient (Wildman–Crippen LogP) is 4.01. The number of halogens is 3. The zero-order valence-electron chi connectivity index (χ0n) is 14.5. The van der Waals surface area contributed by atoms with Gasteiger partial charge in [-0.3, -0.25) is 0 Å². The summed E-state index contributed by atoms with van der Waals surface area (Å²) in [6.45, 7) is 4.78. The maximum atomic E-state index is 14.6. The number of amidine groups is 1. The minimum Gasteiger partial charge on any atom is -0.378 e. The Morgan fingerprint density at radius 2 is 2.04 bits per heavy atom. The van der Waals surface area contributed by atoms with Crippen LogP contribution in [0, 0.1) is 23.2 Å². The highest BCUT2D eigenvalue weighted by Gasteiger charge is 2.68. The van der Waals surface area contributed by atoms with Gasteiger partial charge in [0, 0.05) is 17.0 Å². The number of nitrogens with zero attached hydrogens (tertiary/aromatic N) is 1. The van der Waals surface area contributed by atoms with Crippen LogP contribution in [0.4, 0.5) is 13.2 Å². The standard InChI is InChI=1S/C18H21F3N2SSi/c1-25(2,3)7-6-12-4-5-14(21)13(8-12)18(11-20)15-9-17(15,10-19)24-16(22)23-18/h4-5,8,15H,9-11H2,1-3H3,(H2,22,23)/t15-,17-,18-/m1/s1. The Balaban J connectivity index is 2.10. The first-order valence-electron chi connectivity index (χ1n) is 8.15. The molecule has 25 heavy (non-hydrogen) atoms. The summed E-state index contributed by atoms with van der Waals surface area (Å²) in [4.78, 5) is 4.27. The van der Waals surface area contributed by atoms with E-state index in [-0.39, 0.29) is 10.7 Å². The molecule has 2 aliphatic rings. The molecule has 0 unspecified atom stereocenters. The van der Waals surface area contributed by atoms with Crippen molar-refractivity contribution >= 4 is 25.0 Å². The molecule has 134 valence electrons. The number of aliphatic imine (C=N–C) groups is 1. The van der Waals surface area contributed by atoms with Crippen molar-refractivity contribution in [3.05, 3.63) is 35.1 Å². The van der Waals surface area contributed by atoms with Crippen molar-refractivity contribution in [3.8, 4) is 11.5 Å². The third kappa shape index (κ3) is 3.22. The molecule has 1 saturated carbocycles. The van der Waals surface area contributed by atoms with Crippen LogP contribution in [0.5, 0.6) is 0 Å². The van der Waals surface area contributed by atoms with Crippen molar-refractivity contribution in [2.75, 3.05) is 13.3 Å². The molecular weight excluding hydrogens is 361 g/mol. The molecule has 1 fully saturated rings. The fraction of sp³-hybridized carbons (Fsp3) is 0.500. The molecule has 1 heterocycles. The summed E-state index contributed by atoms with van der Waals surface area (Å²) in [6, 6.07) is 4.42. The third-order valence-corrected chi connectivity index (χ3v) is 6.81. The summed E-state index contributed by atoms with van der Waals surface area (Å²) in [6.07, 6.45) is 0.437. The summed E-state index contributed by atoms with van der Waals surface area (Å²) in [5.41, 5.74) is 8.34. The lowest BCUT2D eigenvalue weighted by Gasteiger charge is -2.34. The molecule has 1 aromatic carbocycles. The Hall–Kier alpha value is -1.39. The molecule has 7 heteroatoms. The fourth-order valence-electron chi connectivity index (χ4n) is 3.32. The van der Waals surface area contributed by atoms with E-state index < -0.39 is 43.4 Å². The zero-order chi connectivity index (χ0) is 18.5. The van der Waals surface area contributed by atoms with E-state index in [1.54, 1.807) is 12.1 Å². The molecule has 3 rings (SSSR count). The minimum absolute atomic E-state index is 0.113. The van der Waals surface area contributed by atoms with Crippen molar-refractivity contribution in [1.82, 2.24) is 0 Å². The normalized spacial score (nSPS) is 30.8. The van der Waals surface area contributed by atoms with Gasteiger partial charge in [0.15, 0.2) is 5.17 Å². The lowest BCUT2D eigenvalue weighted by atomic mass is 9.84. The summed E-state index contributed by atoms with van der Waals surface area (Å²) in [5, 5.41) is 0.113. The number of thioether (sulfide) groups is 1. The average molecular weight is 383 g/mol. The highest BCUT2D eigenvalue weighted by Crippen LogP contribution is 2.66. The molecule has 1 aliphatic heterocycles. The molecule has 0 bridgehead atoms. The Bertz CT molecular complexity index is 796. The number of benzene rings is 1. The molecule has 2 nitrogen and oxygen atoms in total. The monoisotopic (exact) mass is 382 g/mol. The van der Waals surface area contributed by atoms with Crippen LogP contribution in [-0.4, -0.2) is 31.3 Å². The smallest absolute Gasteiger partial charge is 0.155 e. The van der Waals surface area contributed by atoms with Gasteiger partial charge in [-0.1, -0.05) is 37.3 Å². The quantitative estimate of drug-likeness (QED) is 0.634. The minimum atomic E-state index is -1.60. The highest BCUT2D eigenvalue weighted by atomic mass is 32.2. The first kappa shape index (κ1) is 18.4. The predicted molar refractivity (Wildman–Crippen MR) is 100 cm³/mol. The summed E-state index contributed by atoms with van der Waals surface area (Å²) in [5.74, 6) is 2.10. The van der Waals surface area contributed by atoms with Gasteiger partial charge in [0.1, 0.15) is 32.8 Å². The van der Waals surface area contributed by atoms with Crippen molar-refractivity contribution in [1.29, 1.82) is 0 Å². The van der Waals surface area contributed by atoms with Gasteiger partial charge in [-0.2, -0.15) is 0 Å². The maximum Gasteiger partial charge on any atom is 0.155 e. The fourth-order valence-corrected chi connectivity index (χ4v) is 5.11. The SMILES string of the molecule is C[Si](C)(C)C#Cc1ccc(F)c([C@@]2(CF)N=C(N)S[C@@]3(CF)C[C@H]32)c1. The summed E-state index contributed by atoms with van der Waals surface area (Å²) >= 11 is 1.14. The van der Waals surface area contributed by atoms with E-state index in [0.717, 1.165) is 11.8 Å². The largest absolute Gasteiger partial charge is 0.378 e. The van der Waals surface area contributed by atoms with Gasteiger partial charge in [0.05, 0.1) is 4.75 Å². The van der Waals surface area contributed by atoms with Gasteiger partial charge in [-0.15, -0.1) is 5.54 Å². The highest BCUT2D eigenvalue weighted by molar-refractivity contribution is 8.15. The van der Waals surface area contributed by atoms with Crippen molar-refractivity contribution < 1.29 is 13.2 Å². The molecule has 3 atom stereocenters. The van der Waals surface area contributed by atoms with Crippen LogP contribution in [0.3, 0.4) is 0 Å². The van der Waals surface area contributed by atoms with Gasteiger partial charge < -0.3 is 5.73 Å². The van der Waals surface area contributed by atoms with Crippen LogP contribution in [0.1, 0.15) is 17.5 Å². The molecular formula is C18H21F3N2SSi. The van der Waals surface area contributed by atoms with Gasteiger partial charge >= 0.3 is 0 Å². The Labute approximate surface area is 151 Å². The zero-order valence-corrected chi connectivity index (χ0v) is 16.3. The van der Waals surface area contributed by atoms with Crippen LogP contribution in [0.25, 0.3) is 0 Å². The van der Waals surface area contributed by atoms with E-state index in [2.05, 4.69) is 36.1 Å². The average Bonchev–Trinajstić information content (AvgIpc) is 3.28. The Morgan fingerprint density at radius 1 is 1.32 bits per heavy atom. The van der Waals surface area contributed by atoms with Crippen LogP contribution in [0.15, 0.2) is 23.2 Å². The Kier molecular flexibility index (Phi) is 4.49. The van der Waals surface area contributed by atoms with Crippen molar-refractivity contribution in [3.63, 3.8) is 0 Å². The molecule has 0 aromatic heterocycles. The van der Waals surface area contributed by atoms with E-state index in [9.17, 15) is 13.2 Å². The van der Waals surface area contributed by atoms with E-state index in [4.69, 9.17) is 5.73 Å². The van der Waals surface area contributed by atoms with Crippen molar-refractivity contribution in [2.24, 2.45) is 16.6 Å². The van der Waals surface area contributed by atoms with E-state index in [1.807, 2.05) is 0 Å². The first-order chi connectivity index (χ1) is 11.7. The van der Waals surface area contributed by atoms with E-state index >= 15 is 0 Å². The maximum absolute atomic E-state index is 14.6. The first-order valence-corrected chi connectivity index (χ1v) is 12.5. The molecule has 0 saturated heterocycles. The van der Waals surface area contributed by atoms with E-state index in [0.29, 0.717) is 12.0 Å². The lowest BCUT2D eigenvalue weighted by Crippen LogP contribution is -2.40. The van der Waals surface area contributed by atoms with Crippen LogP contribution in [-0.2, 0) is 5.54 Å². The van der Waals surface area contributed by atoms with Crippen LogP contribution >= 0.6 is 11.8 Å². The van der Waals surface area contributed by atoms with E-state index in [1.165, 1.54) is 6.07 Å². The third-order valence-electron chi connectivity index (χ3n) is 4.66. The van der Waals surface area contributed by atoms with Gasteiger partial charge in [-0.05, 0) is 24.6 Å². The summed E-state index contributed by atoms with van der Waals surface area (Å²) < 4.78 is 41.5. The number of hydrogen-bond acceptors (Lipinski definition) is 3. The molecule has 1 aromatic rings. The van der Waals surface area contributed by atoms with Crippen molar-refractivity contribution in [2.45, 2.75) is 36.3 Å². The molecule has 0 amide bonds. The van der Waals surface area contributed by atoms with Gasteiger partial charge in [-0.25, -0.2) is 18.2 Å². The number of rotatable bonds is 3. The molecule has 0 spiro atoms. The lowest BCUT2D eigenvalue weighted by molar-refractivity contribution is 0.257. The number of nitrogens with two attached hydrogens (primary N) is 1. The van der Waals surface area contributed by atoms with Gasteiger partial charge in [0.2, 0.25) is 0 Å². The van der Waals surface area contributed by atoms with Crippen LogP contribution < -0.4 is 5.73 Å². The number of hydrogen-bond donors (Lipinski definition) is 1.